The van der Waals surface area contributed by atoms with Gasteiger partial charge in [0.25, 0.3) is 0 Å². The van der Waals surface area contributed by atoms with E-state index in [0.717, 1.165) is 154 Å². The SMILES string of the molecule is NC(N)=NCCCCCCN(CCCCCCCCNC(N)=NCC1CC1)C(=O)N(CCCCCCCCNC(N)=NCC1CC1)CCCCCCN=C(N)N. The summed E-state index contributed by atoms with van der Waals surface area (Å²) in [6, 6.07) is 0.199. The molecule has 2 amide bonds. The van der Waals surface area contributed by atoms with Gasteiger partial charge in [-0.05, 0) is 88.9 Å². The lowest BCUT2D eigenvalue weighted by atomic mass is 10.1. The quantitative estimate of drug-likeness (QED) is 0.0249. The number of carbonyl (C=O) groups excluding carboxylic acids is 1. The largest absolute Gasteiger partial charge is 0.370 e. The minimum atomic E-state index is 0.147. The van der Waals surface area contributed by atoms with Gasteiger partial charge in [0.1, 0.15) is 0 Å². The number of urea groups is 1. The highest BCUT2D eigenvalue weighted by atomic mass is 16.2. The maximum Gasteiger partial charge on any atom is 0.319 e. The van der Waals surface area contributed by atoms with Gasteiger partial charge in [-0.2, -0.15) is 0 Å². The Bertz CT molecular complexity index is 1030. The van der Waals surface area contributed by atoms with Crippen LogP contribution in [0.25, 0.3) is 0 Å². The molecule has 0 radical (unpaired) electrons. The third-order valence-electron chi connectivity index (χ3n) is 10.6. The van der Waals surface area contributed by atoms with Gasteiger partial charge in [0, 0.05) is 65.4 Å². The summed E-state index contributed by atoms with van der Waals surface area (Å²) in [4.78, 5) is 35.5. The number of amides is 2. The molecule has 0 bridgehead atoms. The summed E-state index contributed by atoms with van der Waals surface area (Å²) in [5.74, 6) is 2.98. The molecular weight excluding hydrogens is 705 g/mol. The van der Waals surface area contributed by atoms with Crippen LogP contribution in [0.5, 0.6) is 0 Å². The van der Waals surface area contributed by atoms with E-state index in [9.17, 15) is 4.79 Å². The lowest BCUT2D eigenvalue weighted by Gasteiger charge is -2.31. The van der Waals surface area contributed by atoms with E-state index in [1.165, 1.54) is 64.2 Å². The molecule has 56 heavy (non-hydrogen) atoms. The van der Waals surface area contributed by atoms with Gasteiger partial charge in [0.15, 0.2) is 23.8 Å². The van der Waals surface area contributed by atoms with Crippen LogP contribution >= 0.6 is 0 Å². The van der Waals surface area contributed by atoms with E-state index >= 15 is 0 Å². The van der Waals surface area contributed by atoms with E-state index in [0.29, 0.717) is 25.0 Å². The van der Waals surface area contributed by atoms with E-state index in [1.807, 2.05) is 0 Å². The zero-order valence-corrected chi connectivity index (χ0v) is 35.3. The zero-order valence-electron chi connectivity index (χ0n) is 35.3. The summed E-state index contributed by atoms with van der Waals surface area (Å²) >= 11 is 0. The lowest BCUT2D eigenvalue weighted by Crippen LogP contribution is -2.45. The second-order valence-corrected chi connectivity index (χ2v) is 16.1. The molecule has 2 rings (SSSR count). The Hall–Kier alpha value is -3.65. The Kier molecular flexibility index (Phi) is 28.1. The number of rotatable bonds is 36. The van der Waals surface area contributed by atoms with Gasteiger partial charge < -0.3 is 54.8 Å². The molecular formula is C41H84N14O. The second kappa shape index (κ2) is 32.4. The average Bonchev–Trinajstić information content (AvgIpc) is 4.11. The van der Waals surface area contributed by atoms with Crippen LogP contribution in [0.3, 0.4) is 0 Å². The number of guanidine groups is 4. The molecule has 2 saturated carbocycles. The minimum absolute atomic E-state index is 0.147. The van der Waals surface area contributed by atoms with Crippen molar-refractivity contribution < 1.29 is 4.79 Å². The maximum absolute atomic E-state index is 14.2. The number of unbranched alkanes of at least 4 members (excludes halogenated alkanes) is 16. The van der Waals surface area contributed by atoms with Crippen molar-refractivity contribution in [1.82, 2.24) is 20.4 Å². The zero-order chi connectivity index (χ0) is 40.5. The minimum Gasteiger partial charge on any atom is -0.370 e. The molecule has 0 aromatic rings. The van der Waals surface area contributed by atoms with Gasteiger partial charge in [0.2, 0.25) is 0 Å². The summed E-state index contributed by atoms with van der Waals surface area (Å²) in [7, 11) is 0. The molecule has 0 atom stereocenters. The molecule has 15 nitrogen and oxygen atoms in total. The van der Waals surface area contributed by atoms with Gasteiger partial charge >= 0.3 is 6.03 Å². The van der Waals surface area contributed by atoms with Gasteiger partial charge in [-0.1, -0.05) is 77.0 Å². The van der Waals surface area contributed by atoms with Crippen LogP contribution in [0.15, 0.2) is 20.0 Å². The molecule has 0 heterocycles. The predicted octanol–water partition coefficient (Wildman–Crippen LogP) is 4.69. The fourth-order valence-electron chi connectivity index (χ4n) is 6.63. The van der Waals surface area contributed by atoms with Crippen LogP contribution in [-0.4, -0.2) is 105 Å². The molecule has 0 saturated heterocycles. The van der Waals surface area contributed by atoms with E-state index in [-0.39, 0.29) is 18.0 Å². The molecule has 15 heteroatoms. The first-order chi connectivity index (χ1) is 27.2. The summed E-state index contributed by atoms with van der Waals surface area (Å²) in [6.45, 7) is 7.99. The van der Waals surface area contributed by atoms with Gasteiger partial charge in [-0.25, -0.2) is 4.79 Å². The highest BCUT2D eigenvalue weighted by molar-refractivity contribution is 5.78. The number of nitrogens with two attached hydrogens (primary N) is 6. The highest BCUT2D eigenvalue weighted by Gasteiger charge is 2.22. The Morgan fingerprint density at radius 2 is 0.732 bits per heavy atom. The van der Waals surface area contributed by atoms with Gasteiger partial charge in [-0.3, -0.25) is 20.0 Å². The van der Waals surface area contributed by atoms with Crippen LogP contribution < -0.4 is 45.0 Å². The smallest absolute Gasteiger partial charge is 0.319 e. The standard InChI is InChI=1S/C41H84N14O/c42-37(43)48-25-13-7-11-19-31-54(29-17-9-3-1-5-15-27-50-39(46)52-33-35-21-22-35)41(56)55(32-20-12-8-14-26-49-38(44)45)30-18-10-4-2-6-16-28-51-40(47)53-34-36-23-24-36/h35-36H,1-34H2,(H4,42,43,48)(H4,44,45,49)(H3,46,50,52)(H3,47,51,53). The van der Waals surface area contributed by atoms with E-state index in [1.54, 1.807) is 0 Å². The van der Waals surface area contributed by atoms with Gasteiger partial charge in [0.05, 0.1) is 0 Å². The topological polar surface area (TPSA) is 253 Å². The molecule has 0 spiro atoms. The molecule has 2 aliphatic carbocycles. The first-order valence-electron chi connectivity index (χ1n) is 22.5. The van der Waals surface area contributed by atoms with Crippen LogP contribution in [0, 0.1) is 11.8 Å². The van der Waals surface area contributed by atoms with Crippen LogP contribution in [0.2, 0.25) is 0 Å². The lowest BCUT2D eigenvalue weighted by molar-refractivity contribution is 0.148. The van der Waals surface area contributed by atoms with Crippen LogP contribution in [-0.2, 0) is 0 Å². The molecule has 14 N–H and O–H groups in total. The number of nitrogens with zero attached hydrogens (tertiary/aromatic N) is 6. The molecule has 0 aromatic heterocycles. The second-order valence-electron chi connectivity index (χ2n) is 16.1. The average molecular weight is 789 g/mol. The number of hydrogen-bond acceptors (Lipinski definition) is 5. The summed E-state index contributed by atoms with van der Waals surface area (Å²) < 4.78 is 0. The molecule has 2 aliphatic rings. The molecule has 324 valence electrons. The molecule has 0 unspecified atom stereocenters. The Morgan fingerprint density at radius 1 is 0.429 bits per heavy atom. The summed E-state index contributed by atoms with van der Waals surface area (Å²) in [6.07, 6.45) is 26.9. The Balaban J connectivity index is 1.79. The highest BCUT2D eigenvalue weighted by Crippen LogP contribution is 2.29. The fourth-order valence-corrected chi connectivity index (χ4v) is 6.63. The summed E-state index contributed by atoms with van der Waals surface area (Å²) in [5.41, 5.74) is 33.9. The van der Waals surface area contributed by atoms with Crippen molar-refractivity contribution in [2.24, 2.45) is 66.2 Å². The van der Waals surface area contributed by atoms with Crippen LogP contribution in [0.1, 0.15) is 154 Å². The Labute approximate surface area is 340 Å². The van der Waals surface area contributed by atoms with E-state index in [4.69, 9.17) is 34.4 Å². The Morgan fingerprint density at radius 3 is 1.05 bits per heavy atom. The monoisotopic (exact) mass is 789 g/mol. The number of nitrogens with one attached hydrogen (secondary N) is 2. The van der Waals surface area contributed by atoms with Crippen molar-refractivity contribution >= 4 is 29.9 Å². The van der Waals surface area contributed by atoms with Crippen molar-refractivity contribution in [3.63, 3.8) is 0 Å². The molecule has 0 aliphatic heterocycles. The molecule has 2 fully saturated rings. The van der Waals surface area contributed by atoms with Crippen LogP contribution in [0.4, 0.5) is 4.79 Å². The van der Waals surface area contributed by atoms with Crippen molar-refractivity contribution in [2.45, 2.75) is 154 Å². The van der Waals surface area contributed by atoms with Crippen molar-refractivity contribution in [2.75, 3.05) is 65.4 Å². The van der Waals surface area contributed by atoms with E-state index < -0.39 is 0 Å². The van der Waals surface area contributed by atoms with E-state index in [2.05, 4.69) is 40.4 Å². The predicted molar refractivity (Wildman–Crippen MR) is 237 cm³/mol. The first-order valence-corrected chi connectivity index (χ1v) is 22.5. The third-order valence-corrected chi connectivity index (χ3v) is 10.6. The first kappa shape index (κ1) is 48.5. The molecule has 0 aromatic carbocycles. The number of aliphatic imine (C=N–C) groups is 4. The van der Waals surface area contributed by atoms with Gasteiger partial charge in [-0.15, -0.1) is 0 Å². The summed E-state index contributed by atoms with van der Waals surface area (Å²) in [5, 5.41) is 6.51. The van der Waals surface area contributed by atoms with Crippen molar-refractivity contribution in [3.8, 4) is 0 Å². The fraction of sp³-hybridized carbons (Fsp3) is 0.878. The normalized spacial score (nSPS) is 14.4. The number of hydrogen-bond donors (Lipinski definition) is 8. The maximum atomic E-state index is 14.2. The van der Waals surface area contributed by atoms with Crippen molar-refractivity contribution in [1.29, 1.82) is 0 Å². The third kappa shape index (κ3) is 29.6. The number of carbonyl (C=O) groups is 1. The van der Waals surface area contributed by atoms with Crippen molar-refractivity contribution in [3.05, 3.63) is 0 Å².